The van der Waals surface area contributed by atoms with E-state index < -0.39 is 5.54 Å². The smallest absolute Gasteiger partial charge is 0.135 e. The fourth-order valence-corrected chi connectivity index (χ4v) is 2.37. The second-order valence-corrected chi connectivity index (χ2v) is 4.81. The molecule has 1 aromatic carbocycles. The summed E-state index contributed by atoms with van der Waals surface area (Å²) in [5.41, 5.74) is 0.307. The summed E-state index contributed by atoms with van der Waals surface area (Å²) in [6.45, 7) is 2.55. The van der Waals surface area contributed by atoms with Gasteiger partial charge in [-0.15, -0.1) is 0 Å². The van der Waals surface area contributed by atoms with E-state index in [0.717, 1.165) is 5.52 Å². The predicted octanol–water partition coefficient (Wildman–Crippen LogP) is 2.51. The Kier molecular flexibility index (Phi) is 2.62. The fraction of sp³-hybridized carbons (Fsp3) is 0.286. The molecule has 1 atom stereocenters. The molecule has 3 rings (SSSR count). The number of ether oxygens (including phenoxy) is 1. The second-order valence-electron chi connectivity index (χ2n) is 4.81. The number of benzene rings is 1. The first-order valence-corrected chi connectivity index (χ1v) is 6.03. The van der Waals surface area contributed by atoms with Crippen molar-refractivity contribution >= 4 is 17.1 Å². The number of aromatic nitrogens is 2. The van der Waals surface area contributed by atoms with Crippen LogP contribution in [-0.2, 0) is 10.3 Å². The summed E-state index contributed by atoms with van der Waals surface area (Å²) in [6, 6.07) is 4.98. The maximum atomic E-state index is 13.7. The minimum Gasteiger partial charge on any atom is -0.495 e. The van der Waals surface area contributed by atoms with Gasteiger partial charge < -0.3 is 4.74 Å². The van der Waals surface area contributed by atoms with Crippen LogP contribution in [0.3, 0.4) is 0 Å². The van der Waals surface area contributed by atoms with E-state index >= 15 is 0 Å². The molecule has 0 fully saturated rings. The first-order chi connectivity index (χ1) is 9.14. The number of rotatable bonds is 2. The van der Waals surface area contributed by atoms with Crippen LogP contribution in [0.1, 0.15) is 6.92 Å². The molecule has 4 nitrogen and oxygen atoms in total. The number of hydrogen-bond acceptors (Lipinski definition) is 3. The average Bonchev–Trinajstić information content (AvgIpc) is 2.85. The largest absolute Gasteiger partial charge is 0.495 e. The molecule has 2 heterocycles. The van der Waals surface area contributed by atoms with Crippen molar-refractivity contribution in [3.8, 4) is 0 Å². The molecule has 1 aliphatic heterocycles. The van der Waals surface area contributed by atoms with E-state index in [0.29, 0.717) is 17.7 Å². The Balaban J connectivity index is 2.17. The highest BCUT2D eigenvalue weighted by Gasteiger charge is 2.29. The Hall–Kier alpha value is -2.17. The van der Waals surface area contributed by atoms with Gasteiger partial charge in [-0.2, -0.15) is 5.10 Å². The van der Waals surface area contributed by atoms with Gasteiger partial charge in [-0.1, -0.05) is 6.07 Å². The third-order valence-electron chi connectivity index (χ3n) is 3.36. The zero-order chi connectivity index (χ0) is 13.5. The Bertz CT molecular complexity index is 689. The maximum Gasteiger partial charge on any atom is 0.135 e. The van der Waals surface area contributed by atoms with Gasteiger partial charge in [0.15, 0.2) is 0 Å². The van der Waals surface area contributed by atoms with E-state index in [1.807, 2.05) is 19.1 Å². The molecule has 0 bridgehead atoms. The lowest BCUT2D eigenvalue weighted by Gasteiger charge is -2.28. The first kappa shape index (κ1) is 11.9. The van der Waals surface area contributed by atoms with Gasteiger partial charge in [0.25, 0.3) is 0 Å². The molecule has 1 unspecified atom stereocenters. The third kappa shape index (κ3) is 1.82. The van der Waals surface area contributed by atoms with Gasteiger partial charge in [0.05, 0.1) is 37.0 Å². The zero-order valence-corrected chi connectivity index (χ0v) is 10.8. The molecule has 98 valence electrons. The lowest BCUT2D eigenvalue weighted by Crippen LogP contribution is -2.34. The van der Waals surface area contributed by atoms with E-state index in [2.05, 4.69) is 10.1 Å². The number of hydrogen-bond donors (Lipinski definition) is 0. The first-order valence-electron chi connectivity index (χ1n) is 6.03. The van der Waals surface area contributed by atoms with Crippen LogP contribution in [0.5, 0.6) is 0 Å². The third-order valence-corrected chi connectivity index (χ3v) is 3.36. The molecule has 0 saturated heterocycles. The Morgan fingerprint density at radius 2 is 2.26 bits per heavy atom. The minimum absolute atomic E-state index is 0.261. The van der Waals surface area contributed by atoms with Crippen LogP contribution in [0.2, 0.25) is 0 Å². The lowest BCUT2D eigenvalue weighted by atomic mass is 9.99. The van der Waals surface area contributed by atoms with Crippen molar-refractivity contribution in [2.24, 2.45) is 4.99 Å². The topological polar surface area (TPSA) is 39.4 Å². The predicted molar refractivity (Wildman–Crippen MR) is 71.8 cm³/mol. The van der Waals surface area contributed by atoms with Crippen LogP contribution in [0, 0.1) is 5.82 Å². The molecule has 1 aromatic heterocycles. The molecule has 0 saturated carbocycles. The van der Waals surface area contributed by atoms with E-state index in [-0.39, 0.29) is 5.82 Å². The standard InChI is InChI=1S/C14H14FN3O/c1-14(6-10(19-2)7-16-9-14)18-13-5-3-4-12(15)11(13)8-17-18/h3-8H,9H2,1-2H3. The molecule has 1 aliphatic rings. The lowest BCUT2D eigenvalue weighted by molar-refractivity contribution is 0.293. The molecule has 19 heavy (non-hydrogen) atoms. The number of nitrogens with zero attached hydrogens (tertiary/aromatic N) is 3. The summed E-state index contributed by atoms with van der Waals surface area (Å²) in [7, 11) is 1.60. The van der Waals surface area contributed by atoms with E-state index in [1.54, 1.807) is 30.3 Å². The van der Waals surface area contributed by atoms with Crippen LogP contribution in [0.4, 0.5) is 4.39 Å². The molecule has 0 amide bonds. The number of aliphatic imine (C=N–C) groups is 1. The highest BCUT2D eigenvalue weighted by atomic mass is 19.1. The summed E-state index contributed by atoms with van der Waals surface area (Å²) in [6.07, 6.45) is 5.19. The van der Waals surface area contributed by atoms with Gasteiger partial charge in [-0.3, -0.25) is 9.67 Å². The van der Waals surface area contributed by atoms with E-state index in [1.165, 1.54) is 6.07 Å². The zero-order valence-electron chi connectivity index (χ0n) is 10.8. The molecule has 0 N–H and O–H groups in total. The number of halogens is 1. The Morgan fingerprint density at radius 3 is 3.05 bits per heavy atom. The number of dihydropyridines is 1. The molecule has 2 aromatic rings. The van der Waals surface area contributed by atoms with Crippen LogP contribution < -0.4 is 0 Å². The second kappa shape index (κ2) is 4.19. The van der Waals surface area contributed by atoms with Crippen molar-refractivity contribution in [2.75, 3.05) is 13.7 Å². The van der Waals surface area contributed by atoms with Crippen LogP contribution in [0.15, 0.2) is 41.2 Å². The van der Waals surface area contributed by atoms with E-state index in [4.69, 9.17) is 4.74 Å². The molecule has 0 radical (unpaired) electrons. The summed E-state index contributed by atoms with van der Waals surface area (Å²) < 4.78 is 20.7. The van der Waals surface area contributed by atoms with Gasteiger partial charge in [0, 0.05) is 0 Å². The van der Waals surface area contributed by atoms with Crippen molar-refractivity contribution in [3.63, 3.8) is 0 Å². The monoisotopic (exact) mass is 259 g/mol. The van der Waals surface area contributed by atoms with Crippen molar-refractivity contribution in [1.82, 2.24) is 9.78 Å². The SMILES string of the molecule is COC1=CC(C)(n2ncc3c(F)cccc32)CN=C1. The van der Waals surface area contributed by atoms with Gasteiger partial charge in [0.2, 0.25) is 0 Å². The van der Waals surface area contributed by atoms with Crippen molar-refractivity contribution in [3.05, 3.63) is 42.0 Å². The molecule has 5 heteroatoms. The number of allylic oxidation sites excluding steroid dienone is 1. The van der Waals surface area contributed by atoms with Gasteiger partial charge in [-0.05, 0) is 25.1 Å². The summed E-state index contributed by atoms with van der Waals surface area (Å²) in [5, 5.41) is 4.84. The summed E-state index contributed by atoms with van der Waals surface area (Å²) in [4.78, 5) is 4.29. The van der Waals surface area contributed by atoms with Crippen LogP contribution >= 0.6 is 0 Å². The van der Waals surface area contributed by atoms with Crippen LogP contribution in [0.25, 0.3) is 10.9 Å². The average molecular weight is 259 g/mol. The summed E-state index contributed by atoms with van der Waals surface area (Å²) in [5.74, 6) is 0.427. The van der Waals surface area contributed by atoms with Crippen molar-refractivity contribution in [1.29, 1.82) is 0 Å². The molecular weight excluding hydrogens is 245 g/mol. The van der Waals surface area contributed by atoms with Crippen LogP contribution in [-0.4, -0.2) is 29.6 Å². The van der Waals surface area contributed by atoms with Gasteiger partial charge in [0.1, 0.15) is 17.1 Å². The highest BCUT2D eigenvalue weighted by Crippen LogP contribution is 2.28. The van der Waals surface area contributed by atoms with Crippen molar-refractivity contribution < 1.29 is 9.13 Å². The molecular formula is C14H14FN3O. The highest BCUT2D eigenvalue weighted by molar-refractivity contribution is 5.80. The quantitative estimate of drug-likeness (QED) is 0.831. The Labute approximate surface area is 110 Å². The van der Waals surface area contributed by atoms with Gasteiger partial charge >= 0.3 is 0 Å². The minimum atomic E-state index is -0.449. The normalized spacial score (nSPS) is 22.6. The number of methoxy groups -OCH3 is 1. The van der Waals surface area contributed by atoms with Crippen molar-refractivity contribution in [2.45, 2.75) is 12.5 Å². The number of fused-ring (bicyclic) bond motifs is 1. The maximum absolute atomic E-state index is 13.7. The summed E-state index contributed by atoms with van der Waals surface area (Å²) >= 11 is 0. The molecule has 0 aliphatic carbocycles. The fourth-order valence-electron chi connectivity index (χ4n) is 2.37. The van der Waals surface area contributed by atoms with E-state index in [9.17, 15) is 4.39 Å². The van der Waals surface area contributed by atoms with Gasteiger partial charge in [-0.25, -0.2) is 4.39 Å². The Morgan fingerprint density at radius 1 is 1.42 bits per heavy atom. The molecule has 0 spiro atoms.